The molecule has 0 bridgehead atoms. The first-order chi connectivity index (χ1) is 12.0. The second-order valence-corrected chi connectivity index (χ2v) is 6.71. The molecule has 128 valence electrons. The predicted octanol–water partition coefficient (Wildman–Crippen LogP) is 4.73. The number of ether oxygens (including phenoxy) is 1. The van der Waals surface area contributed by atoms with Gasteiger partial charge in [-0.2, -0.15) is 0 Å². The van der Waals surface area contributed by atoms with Crippen LogP contribution in [-0.4, -0.2) is 17.4 Å². The van der Waals surface area contributed by atoms with Gasteiger partial charge in [-0.25, -0.2) is 9.79 Å². The molecule has 0 saturated heterocycles. The minimum atomic E-state index is -0.892. The molecule has 0 spiro atoms. The van der Waals surface area contributed by atoms with E-state index >= 15 is 0 Å². The van der Waals surface area contributed by atoms with E-state index in [2.05, 4.69) is 0 Å². The molecule has 2 aromatic carbocycles. The van der Waals surface area contributed by atoms with Crippen LogP contribution in [0.15, 0.2) is 71.7 Å². The van der Waals surface area contributed by atoms with Crippen LogP contribution in [0.4, 0.5) is 0 Å². The third-order valence-electron chi connectivity index (χ3n) is 4.77. The predicted molar refractivity (Wildman–Crippen MR) is 101 cm³/mol. The topological polar surface area (TPSA) is 38.7 Å². The SMILES string of the molecule is CC(C)[C@]1([C@H](C)/C=C/c2ccccc2)N=C(c2ccccc2)OC1=O. The summed E-state index contributed by atoms with van der Waals surface area (Å²) in [5.41, 5.74) is 1.04. The van der Waals surface area contributed by atoms with Gasteiger partial charge in [0, 0.05) is 11.5 Å². The first kappa shape index (κ1) is 17.2. The summed E-state index contributed by atoms with van der Waals surface area (Å²) in [5, 5.41) is 0. The van der Waals surface area contributed by atoms with Gasteiger partial charge in [-0.1, -0.05) is 81.5 Å². The molecule has 0 aliphatic carbocycles. The Morgan fingerprint density at radius 2 is 1.56 bits per heavy atom. The third-order valence-corrected chi connectivity index (χ3v) is 4.77. The second-order valence-electron chi connectivity index (χ2n) is 6.71. The second kappa shape index (κ2) is 7.06. The van der Waals surface area contributed by atoms with Gasteiger partial charge in [0.2, 0.25) is 5.90 Å². The van der Waals surface area contributed by atoms with E-state index in [4.69, 9.17) is 9.73 Å². The highest BCUT2D eigenvalue weighted by Gasteiger charge is 2.51. The lowest BCUT2D eigenvalue weighted by Gasteiger charge is -2.30. The maximum absolute atomic E-state index is 12.8. The summed E-state index contributed by atoms with van der Waals surface area (Å²) < 4.78 is 5.58. The van der Waals surface area contributed by atoms with Crippen molar-refractivity contribution in [3.05, 3.63) is 77.9 Å². The van der Waals surface area contributed by atoms with Crippen LogP contribution >= 0.6 is 0 Å². The van der Waals surface area contributed by atoms with Crippen LogP contribution in [0.5, 0.6) is 0 Å². The van der Waals surface area contributed by atoms with E-state index in [-0.39, 0.29) is 17.8 Å². The molecule has 0 aromatic heterocycles. The van der Waals surface area contributed by atoms with Crippen molar-refractivity contribution in [1.82, 2.24) is 0 Å². The Bertz CT molecular complexity index is 793. The van der Waals surface area contributed by atoms with E-state index in [1.54, 1.807) is 0 Å². The van der Waals surface area contributed by atoms with E-state index in [1.807, 2.05) is 93.6 Å². The minimum absolute atomic E-state index is 0.0247. The molecule has 0 N–H and O–H groups in total. The van der Waals surface area contributed by atoms with Gasteiger partial charge in [-0.05, 0) is 23.6 Å². The number of nitrogens with zero attached hydrogens (tertiary/aromatic N) is 1. The first-order valence-electron chi connectivity index (χ1n) is 8.65. The summed E-state index contributed by atoms with van der Waals surface area (Å²) in [7, 11) is 0. The highest BCUT2D eigenvalue weighted by atomic mass is 16.6. The molecule has 3 nitrogen and oxygen atoms in total. The van der Waals surface area contributed by atoms with Crippen LogP contribution in [0.25, 0.3) is 6.08 Å². The molecule has 2 aromatic rings. The number of hydrogen-bond donors (Lipinski definition) is 0. The molecular weight excluding hydrogens is 310 g/mol. The summed E-state index contributed by atoms with van der Waals surface area (Å²) in [6.45, 7) is 6.06. The average Bonchev–Trinajstić information content (AvgIpc) is 3.00. The molecule has 2 atom stereocenters. The van der Waals surface area contributed by atoms with E-state index < -0.39 is 5.54 Å². The maximum atomic E-state index is 12.8. The van der Waals surface area contributed by atoms with Gasteiger partial charge in [0.1, 0.15) is 0 Å². The van der Waals surface area contributed by atoms with E-state index in [0.29, 0.717) is 5.90 Å². The highest BCUT2D eigenvalue weighted by molar-refractivity contribution is 6.08. The molecule has 3 heteroatoms. The fourth-order valence-electron chi connectivity index (χ4n) is 3.25. The third kappa shape index (κ3) is 3.27. The van der Waals surface area contributed by atoms with Crippen molar-refractivity contribution in [2.75, 3.05) is 0 Å². The molecule has 3 rings (SSSR count). The van der Waals surface area contributed by atoms with Gasteiger partial charge in [0.05, 0.1) is 0 Å². The number of rotatable bonds is 5. The Hall–Kier alpha value is -2.68. The molecule has 1 aliphatic heterocycles. The first-order valence-corrected chi connectivity index (χ1v) is 8.65. The monoisotopic (exact) mass is 333 g/mol. The number of cyclic esters (lactones) is 1. The van der Waals surface area contributed by atoms with E-state index in [0.717, 1.165) is 11.1 Å². The van der Waals surface area contributed by atoms with Crippen molar-refractivity contribution < 1.29 is 9.53 Å². The number of benzene rings is 2. The van der Waals surface area contributed by atoms with E-state index in [1.165, 1.54) is 0 Å². The molecular formula is C22H23NO2. The average molecular weight is 333 g/mol. The Morgan fingerprint density at radius 1 is 0.960 bits per heavy atom. The van der Waals surface area contributed by atoms with Gasteiger partial charge in [0.15, 0.2) is 5.54 Å². The summed E-state index contributed by atoms with van der Waals surface area (Å²) in [4.78, 5) is 17.6. The molecule has 1 heterocycles. The fourth-order valence-corrected chi connectivity index (χ4v) is 3.25. The lowest BCUT2D eigenvalue weighted by Crippen LogP contribution is -2.45. The number of esters is 1. The van der Waals surface area contributed by atoms with Crippen LogP contribution in [0.2, 0.25) is 0 Å². The maximum Gasteiger partial charge on any atom is 0.341 e. The molecule has 0 radical (unpaired) electrons. The Labute approximate surface area is 149 Å². The zero-order valence-corrected chi connectivity index (χ0v) is 14.8. The number of hydrogen-bond acceptors (Lipinski definition) is 3. The van der Waals surface area contributed by atoms with Gasteiger partial charge in [0.25, 0.3) is 0 Å². The van der Waals surface area contributed by atoms with Crippen LogP contribution in [0.3, 0.4) is 0 Å². The smallest absolute Gasteiger partial charge is 0.341 e. The normalized spacial score (nSPS) is 21.4. The number of carbonyl (C=O) groups is 1. The van der Waals surface area contributed by atoms with Gasteiger partial charge >= 0.3 is 5.97 Å². The zero-order valence-electron chi connectivity index (χ0n) is 14.8. The number of carbonyl (C=O) groups excluding carboxylic acids is 1. The van der Waals surface area contributed by atoms with Crippen molar-refractivity contribution in [3.63, 3.8) is 0 Å². The summed E-state index contributed by atoms with van der Waals surface area (Å²) in [6, 6.07) is 19.6. The van der Waals surface area contributed by atoms with Crippen LogP contribution in [0.1, 0.15) is 31.9 Å². The minimum Gasteiger partial charge on any atom is -0.405 e. The number of aliphatic imine (C=N–C) groups is 1. The Balaban J connectivity index is 1.95. The van der Waals surface area contributed by atoms with Crippen molar-refractivity contribution >= 4 is 17.9 Å². The standard InChI is InChI=1S/C22H23NO2/c1-16(2)22(17(3)14-15-18-10-6-4-7-11-18)21(24)25-20(23-22)19-12-8-5-9-13-19/h4-17H,1-3H3/b15-14+/t17-,22-/m1/s1. The molecule has 1 aliphatic rings. The fraction of sp³-hybridized carbons (Fsp3) is 0.273. The zero-order chi connectivity index (χ0) is 17.9. The molecule has 0 fully saturated rings. The Morgan fingerprint density at radius 3 is 2.16 bits per heavy atom. The molecule has 25 heavy (non-hydrogen) atoms. The highest BCUT2D eigenvalue weighted by Crippen LogP contribution is 2.38. The van der Waals surface area contributed by atoms with Gasteiger partial charge in [-0.15, -0.1) is 0 Å². The summed E-state index contributed by atoms with van der Waals surface area (Å²) in [5.74, 6) is 0.0869. The van der Waals surface area contributed by atoms with Crippen LogP contribution in [-0.2, 0) is 9.53 Å². The summed E-state index contributed by atoms with van der Waals surface area (Å²) in [6.07, 6.45) is 4.09. The van der Waals surface area contributed by atoms with Crippen molar-refractivity contribution in [3.8, 4) is 0 Å². The van der Waals surface area contributed by atoms with Crippen LogP contribution in [0, 0.1) is 11.8 Å². The van der Waals surface area contributed by atoms with Crippen molar-refractivity contribution in [1.29, 1.82) is 0 Å². The van der Waals surface area contributed by atoms with Gasteiger partial charge < -0.3 is 4.74 Å². The quantitative estimate of drug-likeness (QED) is 0.742. The molecule has 0 unspecified atom stereocenters. The summed E-state index contributed by atoms with van der Waals surface area (Å²) >= 11 is 0. The van der Waals surface area contributed by atoms with Crippen molar-refractivity contribution in [2.24, 2.45) is 16.8 Å². The van der Waals surface area contributed by atoms with Gasteiger partial charge in [-0.3, -0.25) is 0 Å². The van der Waals surface area contributed by atoms with Crippen molar-refractivity contribution in [2.45, 2.75) is 26.3 Å². The van der Waals surface area contributed by atoms with E-state index in [9.17, 15) is 4.79 Å². The molecule has 0 amide bonds. The van der Waals surface area contributed by atoms with Crippen LogP contribution < -0.4 is 0 Å². The Kier molecular flexibility index (Phi) is 4.84. The lowest BCUT2D eigenvalue weighted by molar-refractivity contribution is -0.141. The lowest BCUT2D eigenvalue weighted by atomic mass is 9.76. The largest absolute Gasteiger partial charge is 0.405 e. The molecule has 0 saturated carbocycles.